The first-order valence-corrected chi connectivity index (χ1v) is 10.0. The largest absolute Gasteiger partial charge is 0.507 e. The van der Waals surface area contributed by atoms with E-state index in [2.05, 4.69) is 0 Å². The van der Waals surface area contributed by atoms with Gasteiger partial charge < -0.3 is 24.1 Å². The number of aliphatic hydroxyl groups is 1. The summed E-state index contributed by atoms with van der Waals surface area (Å²) in [7, 11) is 0. The molecule has 3 heterocycles. The minimum absolute atomic E-state index is 0.0859. The van der Waals surface area contributed by atoms with Crippen LogP contribution in [0.25, 0.3) is 34.2 Å². The molecule has 1 aromatic heterocycles. The molecule has 0 saturated carbocycles. The van der Waals surface area contributed by atoms with Crippen LogP contribution in [0.1, 0.15) is 31.9 Å². The maximum atomic E-state index is 13.3. The first kappa shape index (κ1) is 19.5. The Morgan fingerprint density at radius 2 is 1.81 bits per heavy atom. The molecule has 6 heteroatoms. The number of ether oxygens (including phenoxy) is 2. The number of fused-ring (bicyclic) bond motifs is 4. The Morgan fingerprint density at radius 1 is 1.00 bits per heavy atom. The normalized spacial score (nSPS) is 20.6. The fourth-order valence-corrected chi connectivity index (χ4v) is 3.90. The summed E-state index contributed by atoms with van der Waals surface area (Å²) in [5, 5.41) is 20.3. The molecule has 0 unspecified atom stereocenters. The SMILES string of the molecule is CC1(C)C=Cc2cc(-c3coc4c5c(cc(O)c4c3=O)O[C@@](C)(CO)C=C5)ccc2O1. The van der Waals surface area contributed by atoms with E-state index in [4.69, 9.17) is 13.9 Å². The number of hydrogen-bond acceptors (Lipinski definition) is 6. The topological polar surface area (TPSA) is 89.1 Å². The van der Waals surface area contributed by atoms with Gasteiger partial charge in [-0.05, 0) is 56.7 Å². The van der Waals surface area contributed by atoms with Crippen LogP contribution in [0.4, 0.5) is 0 Å². The fraction of sp³-hybridized carbons (Fsp3) is 0.240. The maximum Gasteiger partial charge on any atom is 0.204 e. The summed E-state index contributed by atoms with van der Waals surface area (Å²) >= 11 is 0. The zero-order valence-electron chi connectivity index (χ0n) is 17.4. The second-order valence-electron chi connectivity index (χ2n) is 8.69. The Balaban J connectivity index is 1.65. The van der Waals surface area contributed by atoms with Crippen LogP contribution < -0.4 is 14.9 Å². The highest BCUT2D eigenvalue weighted by Gasteiger charge is 2.30. The summed E-state index contributed by atoms with van der Waals surface area (Å²) < 4.78 is 17.6. The molecule has 5 rings (SSSR count). The number of aliphatic hydroxyl groups excluding tert-OH is 1. The number of aromatic hydroxyl groups is 1. The third-order valence-electron chi connectivity index (χ3n) is 5.65. The number of hydrogen-bond donors (Lipinski definition) is 2. The number of benzene rings is 2. The van der Waals surface area contributed by atoms with Gasteiger partial charge in [0.2, 0.25) is 5.43 Å². The molecule has 3 aromatic rings. The molecule has 0 amide bonds. The Hall–Kier alpha value is -3.51. The van der Waals surface area contributed by atoms with Crippen molar-refractivity contribution in [2.45, 2.75) is 32.0 Å². The maximum absolute atomic E-state index is 13.3. The first-order valence-electron chi connectivity index (χ1n) is 10.0. The molecule has 2 aromatic carbocycles. The summed E-state index contributed by atoms with van der Waals surface area (Å²) in [6, 6.07) is 6.89. The summed E-state index contributed by atoms with van der Waals surface area (Å²) in [6.45, 7) is 5.45. The molecule has 2 aliphatic heterocycles. The molecule has 31 heavy (non-hydrogen) atoms. The Kier molecular flexibility index (Phi) is 4.07. The van der Waals surface area contributed by atoms with E-state index in [0.717, 1.165) is 11.3 Å². The predicted molar refractivity (Wildman–Crippen MR) is 118 cm³/mol. The third-order valence-corrected chi connectivity index (χ3v) is 5.65. The predicted octanol–water partition coefficient (Wildman–Crippen LogP) is 4.51. The van der Waals surface area contributed by atoms with E-state index in [0.29, 0.717) is 22.4 Å². The average molecular weight is 418 g/mol. The van der Waals surface area contributed by atoms with E-state index >= 15 is 0 Å². The van der Waals surface area contributed by atoms with Crippen molar-refractivity contribution >= 4 is 23.1 Å². The smallest absolute Gasteiger partial charge is 0.204 e. The highest BCUT2D eigenvalue weighted by molar-refractivity contribution is 5.95. The van der Waals surface area contributed by atoms with Gasteiger partial charge in [0.1, 0.15) is 40.1 Å². The van der Waals surface area contributed by atoms with E-state index in [1.165, 1.54) is 12.3 Å². The lowest BCUT2D eigenvalue weighted by Gasteiger charge is -2.30. The number of rotatable bonds is 2. The van der Waals surface area contributed by atoms with Gasteiger partial charge in [-0.25, -0.2) is 0 Å². The molecule has 158 valence electrons. The number of phenols is 1. The lowest BCUT2D eigenvalue weighted by molar-refractivity contribution is 0.0640. The van der Waals surface area contributed by atoms with Crippen LogP contribution in [-0.2, 0) is 0 Å². The lowest BCUT2D eigenvalue weighted by Crippen LogP contribution is -2.35. The van der Waals surface area contributed by atoms with E-state index < -0.39 is 5.60 Å². The van der Waals surface area contributed by atoms with Gasteiger partial charge >= 0.3 is 0 Å². The second-order valence-corrected chi connectivity index (χ2v) is 8.69. The summed E-state index contributed by atoms with van der Waals surface area (Å²) in [4.78, 5) is 13.3. The Bertz CT molecular complexity index is 1340. The van der Waals surface area contributed by atoms with Crippen molar-refractivity contribution in [3.05, 3.63) is 64.0 Å². The van der Waals surface area contributed by atoms with Crippen LogP contribution in [0, 0.1) is 0 Å². The van der Waals surface area contributed by atoms with Crippen molar-refractivity contribution in [2.75, 3.05) is 6.61 Å². The van der Waals surface area contributed by atoms with Crippen LogP contribution in [0.3, 0.4) is 0 Å². The summed E-state index contributed by atoms with van der Waals surface area (Å²) in [6.07, 6.45) is 8.78. The monoisotopic (exact) mass is 418 g/mol. The molecule has 2 N–H and O–H groups in total. The van der Waals surface area contributed by atoms with Gasteiger partial charge in [-0.3, -0.25) is 4.79 Å². The molecule has 0 saturated heterocycles. The molecule has 0 radical (unpaired) electrons. The van der Waals surface area contributed by atoms with E-state index in [9.17, 15) is 15.0 Å². The molecule has 2 aliphatic rings. The highest BCUT2D eigenvalue weighted by Crippen LogP contribution is 2.40. The second kappa shape index (κ2) is 6.49. The Labute approximate surface area is 178 Å². The molecule has 0 aliphatic carbocycles. The third kappa shape index (κ3) is 3.11. The van der Waals surface area contributed by atoms with Gasteiger partial charge in [-0.15, -0.1) is 0 Å². The van der Waals surface area contributed by atoms with Gasteiger partial charge in [0.05, 0.1) is 17.7 Å². The molecule has 1 atom stereocenters. The van der Waals surface area contributed by atoms with Crippen molar-refractivity contribution in [1.29, 1.82) is 0 Å². The standard InChI is InChI=1S/C25H22O6/c1-24(2)8-6-15-10-14(4-5-19(15)30-24)17-12-29-23-16-7-9-25(3,13-26)31-20(16)11-18(27)21(23)22(17)28/h4-12,26-27H,13H2,1-3H3/t25-/m1/s1. The van der Waals surface area contributed by atoms with Gasteiger partial charge in [0.25, 0.3) is 0 Å². The molecule has 0 bridgehead atoms. The Morgan fingerprint density at radius 3 is 2.58 bits per heavy atom. The average Bonchev–Trinajstić information content (AvgIpc) is 2.72. The van der Waals surface area contributed by atoms with Crippen molar-refractivity contribution in [2.24, 2.45) is 0 Å². The van der Waals surface area contributed by atoms with Crippen molar-refractivity contribution in [3.63, 3.8) is 0 Å². The summed E-state index contributed by atoms with van der Waals surface area (Å²) in [5.41, 5.74) is 1.03. The molecule has 6 nitrogen and oxygen atoms in total. The van der Waals surface area contributed by atoms with Gasteiger partial charge in [0.15, 0.2) is 5.58 Å². The highest BCUT2D eigenvalue weighted by atomic mass is 16.5. The van der Waals surface area contributed by atoms with E-state index in [1.807, 2.05) is 38.1 Å². The van der Waals surface area contributed by atoms with Crippen LogP contribution in [-0.4, -0.2) is 28.0 Å². The van der Waals surface area contributed by atoms with Crippen LogP contribution in [0.5, 0.6) is 17.2 Å². The zero-order valence-corrected chi connectivity index (χ0v) is 17.4. The van der Waals surface area contributed by atoms with Gasteiger partial charge in [-0.2, -0.15) is 0 Å². The van der Waals surface area contributed by atoms with Crippen LogP contribution in [0.2, 0.25) is 0 Å². The molecule has 0 fully saturated rings. The quantitative estimate of drug-likeness (QED) is 0.637. The van der Waals surface area contributed by atoms with Gasteiger partial charge in [0, 0.05) is 11.6 Å². The van der Waals surface area contributed by atoms with Crippen molar-refractivity contribution < 1.29 is 24.1 Å². The number of phenolic OH excluding ortho intramolecular Hbond substituents is 1. The van der Waals surface area contributed by atoms with Crippen molar-refractivity contribution in [3.8, 4) is 28.4 Å². The van der Waals surface area contributed by atoms with Crippen molar-refractivity contribution in [1.82, 2.24) is 0 Å². The molecular weight excluding hydrogens is 396 g/mol. The molecular formula is C25H22O6. The first-order chi connectivity index (χ1) is 14.7. The van der Waals surface area contributed by atoms with E-state index in [-0.39, 0.29) is 34.4 Å². The fourth-order valence-electron chi connectivity index (χ4n) is 3.90. The zero-order chi connectivity index (χ0) is 22.0. The molecule has 0 spiro atoms. The van der Waals surface area contributed by atoms with Crippen LogP contribution >= 0.6 is 0 Å². The minimum Gasteiger partial charge on any atom is -0.507 e. The van der Waals surface area contributed by atoms with Crippen LogP contribution in [0.15, 0.2) is 51.9 Å². The van der Waals surface area contributed by atoms with E-state index in [1.54, 1.807) is 25.1 Å². The minimum atomic E-state index is -0.902. The van der Waals surface area contributed by atoms with Gasteiger partial charge in [-0.1, -0.05) is 12.1 Å². The summed E-state index contributed by atoms with van der Waals surface area (Å²) in [5.74, 6) is 0.856. The lowest BCUT2D eigenvalue weighted by atomic mass is 9.96.